The summed E-state index contributed by atoms with van der Waals surface area (Å²) in [6.45, 7) is 1.76. The maximum Gasteiger partial charge on any atom is 0.268 e. The number of benzene rings is 1. The fourth-order valence-electron chi connectivity index (χ4n) is 3.08. The Bertz CT molecular complexity index is 886. The van der Waals surface area contributed by atoms with E-state index in [0.717, 1.165) is 12.8 Å². The number of fused-ring (bicyclic) bond motifs is 1. The van der Waals surface area contributed by atoms with Gasteiger partial charge in [0.1, 0.15) is 12.3 Å². The maximum absolute atomic E-state index is 12.8. The summed E-state index contributed by atoms with van der Waals surface area (Å²) in [5.41, 5.74) is 0.788. The number of anilines is 1. The van der Waals surface area contributed by atoms with Crippen LogP contribution < -0.4 is 15.0 Å². The minimum absolute atomic E-state index is 0.0966. The van der Waals surface area contributed by atoms with Crippen molar-refractivity contribution in [1.29, 1.82) is 0 Å². The van der Waals surface area contributed by atoms with E-state index in [2.05, 4.69) is 5.32 Å². The zero-order valence-corrected chi connectivity index (χ0v) is 14.9. The molecule has 2 heterocycles. The molecule has 2 aliphatic rings. The zero-order chi connectivity index (χ0) is 19.0. The Morgan fingerprint density at radius 3 is 2.74 bits per heavy atom. The summed E-state index contributed by atoms with van der Waals surface area (Å²) in [7, 11) is 0. The molecular weight excluding hydrogens is 348 g/mol. The lowest BCUT2D eigenvalue weighted by molar-refractivity contribution is -0.129. The Hall–Kier alpha value is -3.09. The number of furan rings is 1. The van der Waals surface area contributed by atoms with Crippen molar-refractivity contribution in [3.05, 3.63) is 47.9 Å². The van der Waals surface area contributed by atoms with Crippen LogP contribution in [0.15, 0.2) is 41.0 Å². The van der Waals surface area contributed by atoms with Crippen LogP contribution in [-0.4, -0.2) is 36.3 Å². The topological polar surface area (TPSA) is 88.8 Å². The second kappa shape index (κ2) is 6.90. The van der Waals surface area contributed by atoms with Gasteiger partial charge in [0.15, 0.2) is 11.9 Å². The molecule has 1 atom stereocenters. The predicted molar refractivity (Wildman–Crippen MR) is 96.8 cm³/mol. The number of amides is 2. The van der Waals surface area contributed by atoms with E-state index in [9.17, 15) is 14.4 Å². The van der Waals surface area contributed by atoms with E-state index in [1.54, 1.807) is 30.3 Å². The van der Waals surface area contributed by atoms with Crippen LogP contribution in [0.1, 0.15) is 42.3 Å². The summed E-state index contributed by atoms with van der Waals surface area (Å²) in [5, 5.41) is 2.89. The molecule has 4 rings (SSSR count). The number of nitrogens with zero attached hydrogens (tertiary/aromatic N) is 1. The van der Waals surface area contributed by atoms with Gasteiger partial charge in [-0.3, -0.25) is 19.3 Å². The minimum Gasteiger partial charge on any atom is -0.478 e. The first-order valence-electron chi connectivity index (χ1n) is 9.06. The fourth-order valence-corrected chi connectivity index (χ4v) is 3.08. The van der Waals surface area contributed by atoms with Crippen LogP contribution in [0.3, 0.4) is 0 Å². The molecule has 7 nitrogen and oxygen atoms in total. The number of hydrogen-bond acceptors (Lipinski definition) is 5. The van der Waals surface area contributed by atoms with Crippen LogP contribution in [-0.2, 0) is 9.59 Å². The normalized spacial score (nSPS) is 18.6. The Balaban J connectivity index is 1.66. The highest BCUT2D eigenvalue weighted by atomic mass is 16.5. The van der Waals surface area contributed by atoms with Gasteiger partial charge in [-0.25, -0.2) is 0 Å². The van der Waals surface area contributed by atoms with Crippen LogP contribution in [0.2, 0.25) is 0 Å². The van der Waals surface area contributed by atoms with Gasteiger partial charge in [-0.1, -0.05) is 6.92 Å². The molecule has 0 saturated heterocycles. The number of ketones is 1. The number of rotatable bonds is 6. The number of hydrogen-bond donors (Lipinski definition) is 1. The van der Waals surface area contributed by atoms with Crippen molar-refractivity contribution in [3.63, 3.8) is 0 Å². The standard InChI is InChI=1S/C20H20N2O5/c1-2-15-20(25)22(11-18(23)21-13-6-7-13)14-10-12(5-8-16(14)27-15)19(24)17-4-3-9-26-17/h3-5,8-10,13,15H,2,6-7,11H2,1H3,(H,21,23). The van der Waals surface area contributed by atoms with E-state index in [1.807, 2.05) is 6.92 Å². The summed E-state index contributed by atoms with van der Waals surface area (Å²) in [4.78, 5) is 39.0. The maximum atomic E-state index is 12.8. The van der Waals surface area contributed by atoms with Crippen molar-refractivity contribution >= 4 is 23.3 Å². The Morgan fingerprint density at radius 1 is 1.26 bits per heavy atom. The fraction of sp³-hybridized carbons (Fsp3) is 0.350. The molecule has 1 unspecified atom stereocenters. The highest BCUT2D eigenvalue weighted by Gasteiger charge is 2.36. The van der Waals surface area contributed by atoms with Crippen LogP contribution >= 0.6 is 0 Å². The molecule has 2 aromatic rings. The molecule has 1 fully saturated rings. The van der Waals surface area contributed by atoms with Gasteiger partial charge in [-0.15, -0.1) is 0 Å². The van der Waals surface area contributed by atoms with E-state index in [4.69, 9.17) is 9.15 Å². The smallest absolute Gasteiger partial charge is 0.268 e. The van der Waals surface area contributed by atoms with Crippen molar-refractivity contribution in [1.82, 2.24) is 5.32 Å². The van der Waals surface area contributed by atoms with Crippen LogP contribution in [0.5, 0.6) is 5.75 Å². The van der Waals surface area contributed by atoms with Crippen LogP contribution in [0, 0.1) is 0 Å². The van der Waals surface area contributed by atoms with Gasteiger partial charge in [-0.2, -0.15) is 0 Å². The molecule has 27 heavy (non-hydrogen) atoms. The third-order valence-electron chi connectivity index (χ3n) is 4.68. The number of nitrogens with one attached hydrogen (secondary N) is 1. The summed E-state index contributed by atoms with van der Waals surface area (Å²) in [5.74, 6) is -0.0933. The Kier molecular flexibility index (Phi) is 4.43. The van der Waals surface area contributed by atoms with Gasteiger partial charge < -0.3 is 14.5 Å². The van der Waals surface area contributed by atoms with E-state index in [-0.39, 0.29) is 35.9 Å². The first-order valence-corrected chi connectivity index (χ1v) is 9.06. The Morgan fingerprint density at radius 2 is 2.07 bits per heavy atom. The van der Waals surface area contributed by atoms with Gasteiger partial charge in [0.2, 0.25) is 11.7 Å². The van der Waals surface area contributed by atoms with Crippen LogP contribution in [0.4, 0.5) is 5.69 Å². The third-order valence-corrected chi connectivity index (χ3v) is 4.68. The van der Waals surface area contributed by atoms with E-state index < -0.39 is 6.10 Å². The van der Waals surface area contributed by atoms with Crippen molar-refractivity contribution in [2.75, 3.05) is 11.4 Å². The highest BCUT2D eigenvalue weighted by Crippen LogP contribution is 2.36. The number of carbonyl (C=O) groups excluding carboxylic acids is 3. The highest BCUT2D eigenvalue weighted by molar-refractivity contribution is 6.10. The van der Waals surface area contributed by atoms with Gasteiger partial charge in [0, 0.05) is 11.6 Å². The van der Waals surface area contributed by atoms with Gasteiger partial charge >= 0.3 is 0 Å². The molecule has 0 bridgehead atoms. The second-order valence-corrected chi connectivity index (χ2v) is 6.77. The monoisotopic (exact) mass is 368 g/mol. The molecule has 1 aliphatic carbocycles. The molecule has 1 aromatic carbocycles. The summed E-state index contributed by atoms with van der Waals surface area (Å²) >= 11 is 0. The second-order valence-electron chi connectivity index (χ2n) is 6.77. The number of ether oxygens (including phenoxy) is 1. The van der Waals surface area contributed by atoms with Gasteiger partial charge in [0.05, 0.1) is 12.0 Å². The van der Waals surface area contributed by atoms with Crippen molar-refractivity contribution in [3.8, 4) is 5.75 Å². The first kappa shape index (κ1) is 17.3. The average molecular weight is 368 g/mol. The molecule has 0 spiro atoms. The molecule has 0 radical (unpaired) electrons. The average Bonchev–Trinajstić information content (AvgIpc) is 3.31. The molecule has 7 heteroatoms. The van der Waals surface area contributed by atoms with Crippen LogP contribution in [0.25, 0.3) is 0 Å². The van der Waals surface area contributed by atoms with Gasteiger partial charge in [0.25, 0.3) is 5.91 Å². The summed E-state index contributed by atoms with van der Waals surface area (Å²) in [6, 6.07) is 8.30. The molecule has 2 amide bonds. The van der Waals surface area contributed by atoms with Crippen molar-refractivity contribution in [2.24, 2.45) is 0 Å². The van der Waals surface area contributed by atoms with Crippen molar-refractivity contribution < 1.29 is 23.5 Å². The largest absolute Gasteiger partial charge is 0.478 e. The minimum atomic E-state index is -0.641. The van der Waals surface area contributed by atoms with E-state index in [1.165, 1.54) is 11.2 Å². The third kappa shape index (κ3) is 3.45. The zero-order valence-electron chi connectivity index (χ0n) is 14.9. The molecule has 1 aliphatic heterocycles. The van der Waals surface area contributed by atoms with E-state index in [0.29, 0.717) is 23.4 Å². The molecular formula is C20H20N2O5. The molecule has 140 valence electrons. The quantitative estimate of drug-likeness (QED) is 0.791. The summed E-state index contributed by atoms with van der Waals surface area (Å²) in [6.07, 6.45) is 3.22. The lowest BCUT2D eigenvalue weighted by Gasteiger charge is -2.34. The lowest BCUT2D eigenvalue weighted by Crippen LogP contribution is -2.49. The first-order chi connectivity index (χ1) is 13.1. The molecule has 1 aromatic heterocycles. The Labute approximate surface area is 156 Å². The molecule has 1 N–H and O–H groups in total. The van der Waals surface area contributed by atoms with Gasteiger partial charge in [-0.05, 0) is 49.6 Å². The number of carbonyl (C=O) groups is 3. The predicted octanol–water partition coefficient (Wildman–Crippen LogP) is 2.29. The molecule has 1 saturated carbocycles. The van der Waals surface area contributed by atoms with Crippen molar-refractivity contribution in [2.45, 2.75) is 38.3 Å². The SMILES string of the molecule is CCC1Oc2ccc(C(=O)c3ccco3)cc2N(CC(=O)NC2CC2)C1=O. The summed E-state index contributed by atoms with van der Waals surface area (Å²) < 4.78 is 10.9. The van der Waals surface area contributed by atoms with E-state index >= 15 is 0 Å². The lowest BCUT2D eigenvalue weighted by atomic mass is 10.0.